The van der Waals surface area contributed by atoms with Gasteiger partial charge in [0.2, 0.25) is 0 Å². The van der Waals surface area contributed by atoms with Crippen molar-refractivity contribution in [2.24, 2.45) is 5.41 Å². The van der Waals surface area contributed by atoms with E-state index in [0.29, 0.717) is 35.5 Å². The Kier molecular flexibility index (Phi) is 7.88. The van der Waals surface area contributed by atoms with Crippen molar-refractivity contribution in [2.45, 2.75) is 71.8 Å². The van der Waals surface area contributed by atoms with Crippen LogP contribution >= 0.6 is 0 Å². The molecule has 1 saturated heterocycles. The number of carbonyl (C=O) groups is 1. The lowest BCUT2D eigenvalue weighted by Gasteiger charge is -2.37. The Bertz CT molecular complexity index is 1100. The molecule has 1 fully saturated rings. The van der Waals surface area contributed by atoms with Crippen molar-refractivity contribution in [1.29, 1.82) is 0 Å². The SMILES string of the molecule is COc1cc(C(F)(F)F)ccc1-c1nnc(C(O)C2(C)CCCCN(C(=O)OC(C)(C)C)C2)cc1C. The van der Waals surface area contributed by atoms with E-state index in [1.165, 1.54) is 13.2 Å². The second-order valence-electron chi connectivity index (χ2n) is 10.6. The highest BCUT2D eigenvalue weighted by atomic mass is 19.4. The van der Waals surface area contributed by atoms with Gasteiger partial charge in [-0.1, -0.05) is 13.3 Å². The van der Waals surface area contributed by atoms with Crippen LogP contribution in [0.2, 0.25) is 0 Å². The van der Waals surface area contributed by atoms with Crippen LogP contribution in [0.5, 0.6) is 5.75 Å². The number of benzene rings is 1. The Hall–Kier alpha value is -2.88. The Morgan fingerprint density at radius 1 is 1.17 bits per heavy atom. The second-order valence-corrected chi connectivity index (χ2v) is 10.6. The summed E-state index contributed by atoms with van der Waals surface area (Å²) in [5, 5.41) is 19.8. The van der Waals surface area contributed by atoms with E-state index in [1.807, 2.05) is 27.7 Å². The van der Waals surface area contributed by atoms with Crippen molar-refractivity contribution in [3.8, 4) is 17.0 Å². The maximum absolute atomic E-state index is 13.1. The normalized spacial score (nSPS) is 20.0. The smallest absolute Gasteiger partial charge is 0.416 e. The molecule has 1 aromatic heterocycles. The number of aromatic nitrogens is 2. The average molecular weight is 510 g/mol. The van der Waals surface area contributed by atoms with Gasteiger partial charge >= 0.3 is 12.3 Å². The van der Waals surface area contributed by atoms with Gasteiger partial charge in [-0.15, -0.1) is 5.10 Å². The third-order valence-corrected chi connectivity index (χ3v) is 6.36. The van der Waals surface area contributed by atoms with Crippen LogP contribution in [0.1, 0.15) is 69.9 Å². The fourth-order valence-corrected chi connectivity index (χ4v) is 4.46. The van der Waals surface area contributed by atoms with Gasteiger partial charge < -0.3 is 19.5 Å². The summed E-state index contributed by atoms with van der Waals surface area (Å²) in [6.45, 7) is 9.91. The number of amides is 1. The highest BCUT2D eigenvalue weighted by Crippen LogP contribution is 2.42. The van der Waals surface area contributed by atoms with Gasteiger partial charge in [-0.3, -0.25) is 0 Å². The van der Waals surface area contributed by atoms with Gasteiger partial charge in [0.15, 0.2) is 0 Å². The quantitative estimate of drug-likeness (QED) is 0.549. The molecule has 198 valence electrons. The van der Waals surface area contributed by atoms with E-state index >= 15 is 0 Å². The number of likely N-dealkylation sites (tertiary alicyclic amines) is 1. The van der Waals surface area contributed by atoms with Crippen LogP contribution in [0.4, 0.5) is 18.0 Å². The summed E-state index contributed by atoms with van der Waals surface area (Å²) >= 11 is 0. The summed E-state index contributed by atoms with van der Waals surface area (Å²) in [7, 11) is 1.29. The molecule has 2 aromatic rings. The predicted molar refractivity (Wildman–Crippen MR) is 128 cm³/mol. The Morgan fingerprint density at radius 2 is 1.86 bits per heavy atom. The van der Waals surface area contributed by atoms with Gasteiger partial charge in [-0.2, -0.15) is 18.3 Å². The standard InChI is InChI=1S/C26H34F3N3O4/c1-16-13-19(30-31-21(16)18-10-9-17(26(27,28)29)14-20(18)35-6)22(33)25(5)11-7-8-12-32(15-25)23(34)36-24(2,3)4/h9-10,13-14,22,33H,7-8,11-12,15H2,1-6H3. The predicted octanol–water partition coefficient (Wildman–Crippen LogP) is 5.94. The van der Waals surface area contributed by atoms with Crippen LogP contribution in [0, 0.1) is 12.3 Å². The van der Waals surface area contributed by atoms with E-state index in [1.54, 1.807) is 17.9 Å². The highest BCUT2D eigenvalue weighted by molar-refractivity contribution is 5.70. The molecule has 1 aliphatic rings. The van der Waals surface area contributed by atoms with E-state index in [-0.39, 0.29) is 12.3 Å². The van der Waals surface area contributed by atoms with E-state index in [4.69, 9.17) is 9.47 Å². The lowest BCUT2D eigenvalue weighted by molar-refractivity contribution is -0.137. The zero-order chi connectivity index (χ0) is 26.9. The molecule has 1 amide bonds. The van der Waals surface area contributed by atoms with Crippen LogP contribution in [0.3, 0.4) is 0 Å². The molecule has 0 radical (unpaired) electrons. The van der Waals surface area contributed by atoms with Crippen LogP contribution in [-0.2, 0) is 10.9 Å². The maximum Gasteiger partial charge on any atom is 0.416 e. The number of rotatable bonds is 4. The van der Waals surface area contributed by atoms with E-state index in [0.717, 1.165) is 25.0 Å². The van der Waals surface area contributed by atoms with Crippen LogP contribution in [0.15, 0.2) is 24.3 Å². The van der Waals surface area contributed by atoms with Gasteiger partial charge in [0.05, 0.1) is 24.1 Å². The minimum absolute atomic E-state index is 0.0271. The third-order valence-electron chi connectivity index (χ3n) is 6.36. The summed E-state index contributed by atoms with van der Waals surface area (Å²) in [4.78, 5) is 14.4. The monoisotopic (exact) mass is 509 g/mol. The van der Waals surface area contributed by atoms with Gasteiger partial charge in [0.25, 0.3) is 0 Å². The number of hydrogen-bond donors (Lipinski definition) is 1. The molecule has 0 bridgehead atoms. The third kappa shape index (κ3) is 6.27. The molecule has 10 heteroatoms. The zero-order valence-electron chi connectivity index (χ0n) is 21.6. The molecule has 2 heterocycles. The number of alkyl halides is 3. The zero-order valence-corrected chi connectivity index (χ0v) is 21.6. The largest absolute Gasteiger partial charge is 0.496 e. The fraction of sp³-hybridized carbons (Fsp3) is 0.577. The summed E-state index contributed by atoms with van der Waals surface area (Å²) in [6.07, 6.45) is -3.66. The number of hydrogen-bond acceptors (Lipinski definition) is 6. The number of aryl methyl sites for hydroxylation is 1. The number of aliphatic hydroxyl groups excluding tert-OH is 1. The second kappa shape index (κ2) is 10.2. The van der Waals surface area contributed by atoms with Crippen LogP contribution in [0.25, 0.3) is 11.3 Å². The molecular formula is C26H34F3N3O4. The number of aliphatic hydroxyl groups is 1. The summed E-state index contributed by atoms with van der Waals surface area (Å²) < 4.78 is 50.1. The number of ether oxygens (including phenoxy) is 2. The van der Waals surface area contributed by atoms with E-state index < -0.39 is 35.0 Å². The minimum Gasteiger partial charge on any atom is -0.496 e. The van der Waals surface area contributed by atoms with Gasteiger partial charge in [0.1, 0.15) is 17.5 Å². The summed E-state index contributed by atoms with van der Waals surface area (Å²) in [5.41, 5.74) is -0.463. The van der Waals surface area contributed by atoms with Gasteiger partial charge in [0, 0.05) is 24.1 Å². The van der Waals surface area contributed by atoms with Crippen molar-refractivity contribution in [3.63, 3.8) is 0 Å². The highest BCUT2D eigenvalue weighted by Gasteiger charge is 2.40. The molecule has 2 unspecified atom stereocenters. The van der Waals surface area contributed by atoms with E-state index in [9.17, 15) is 23.1 Å². The molecule has 0 spiro atoms. The number of halogens is 3. The van der Waals surface area contributed by atoms with Crippen molar-refractivity contribution < 1.29 is 32.5 Å². The van der Waals surface area contributed by atoms with Gasteiger partial charge in [-0.25, -0.2) is 4.79 Å². The topological polar surface area (TPSA) is 84.8 Å². The first-order valence-electron chi connectivity index (χ1n) is 11.9. The summed E-state index contributed by atoms with van der Waals surface area (Å²) in [5.74, 6) is 0.0271. The average Bonchev–Trinajstić information content (AvgIpc) is 2.99. The first-order chi connectivity index (χ1) is 16.6. The number of nitrogens with zero attached hydrogens (tertiary/aromatic N) is 3. The van der Waals surface area contributed by atoms with Crippen molar-refractivity contribution in [1.82, 2.24) is 15.1 Å². The molecule has 7 nitrogen and oxygen atoms in total. The molecule has 1 N–H and O–H groups in total. The van der Waals surface area contributed by atoms with Crippen molar-refractivity contribution in [3.05, 3.63) is 41.1 Å². The first kappa shape index (κ1) is 27.7. The minimum atomic E-state index is -4.50. The number of methoxy groups -OCH3 is 1. The molecule has 1 aromatic carbocycles. The molecule has 0 aliphatic carbocycles. The van der Waals surface area contributed by atoms with Crippen LogP contribution < -0.4 is 4.74 Å². The lowest BCUT2D eigenvalue weighted by Crippen LogP contribution is -2.44. The van der Waals surface area contributed by atoms with Crippen LogP contribution in [-0.4, -0.2) is 52.1 Å². The lowest BCUT2D eigenvalue weighted by atomic mass is 9.78. The molecule has 1 aliphatic heterocycles. The summed E-state index contributed by atoms with van der Waals surface area (Å²) in [6, 6.07) is 4.88. The molecule has 2 atom stereocenters. The van der Waals surface area contributed by atoms with E-state index in [2.05, 4.69) is 10.2 Å². The molecule has 0 saturated carbocycles. The fourth-order valence-electron chi connectivity index (χ4n) is 4.46. The van der Waals surface area contributed by atoms with Gasteiger partial charge in [-0.05, 0) is 70.4 Å². The Labute approximate surface area is 209 Å². The molecular weight excluding hydrogens is 475 g/mol. The Balaban J connectivity index is 1.89. The Morgan fingerprint density at radius 3 is 2.44 bits per heavy atom. The first-order valence-corrected chi connectivity index (χ1v) is 11.9. The van der Waals surface area contributed by atoms with Crippen molar-refractivity contribution >= 4 is 6.09 Å². The molecule has 3 rings (SSSR count). The van der Waals surface area contributed by atoms with Crippen molar-refractivity contribution in [2.75, 3.05) is 20.2 Å². The maximum atomic E-state index is 13.1. The molecule has 36 heavy (non-hydrogen) atoms. The number of carbonyl (C=O) groups excluding carboxylic acids is 1.